The van der Waals surface area contributed by atoms with E-state index in [0.29, 0.717) is 11.8 Å². The third kappa shape index (κ3) is 3.36. The lowest BCUT2D eigenvalue weighted by molar-refractivity contribution is -0.384. The lowest BCUT2D eigenvalue weighted by atomic mass is 10.0. The highest BCUT2D eigenvalue weighted by molar-refractivity contribution is 6.18. The molecule has 0 aliphatic heterocycles. The van der Waals surface area contributed by atoms with Crippen LogP contribution in [0, 0.1) is 10.1 Å². The molecule has 0 spiro atoms. The van der Waals surface area contributed by atoms with Crippen LogP contribution in [0.1, 0.15) is 17.5 Å². The molecule has 0 aliphatic carbocycles. The van der Waals surface area contributed by atoms with E-state index < -0.39 is 4.92 Å². The minimum absolute atomic E-state index is 0.0836. The summed E-state index contributed by atoms with van der Waals surface area (Å²) < 4.78 is 0. The predicted octanol–water partition coefficient (Wildman–Crippen LogP) is 3.51. The van der Waals surface area contributed by atoms with Crippen LogP contribution in [-0.2, 0) is 12.3 Å². The van der Waals surface area contributed by atoms with Crippen molar-refractivity contribution in [1.82, 2.24) is 0 Å². The van der Waals surface area contributed by atoms with E-state index in [4.69, 9.17) is 23.2 Å². The fourth-order valence-electron chi connectivity index (χ4n) is 1.35. The van der Waals surface area contributed by atoms with E-state index in [-0.39, 0.29) is 5.69 Å². The Kier molecular flexibility index (Phi) is 4.85. The number of benzene rings is 1. The van der Waals surface area contributed by atoms with Gasteiger partial charge in [0.1, 0.15) is 0 Å². The van der Waals surface area contributed by atoms with Gasteiger partial charge in [-0.3, -0.25) is 10.1 Å². The van der Waals surface area contributed by atoms with Crippen LogP contribution in [0.2, 0.25) is 0 Å². The number of nitro groups is 1. The first-order valence-corrected chi connectivity index (χ1v) is 5.64. The van der Waals surface area contributed by atoms with Crippen LogP contribution >= 0.6 is 23.2 Å². The minimum Gasteiger partial charge on any atom is -0.258 e. The van der Waals surface area contributed by atoms with Crippen molar-refractivity contribution in [2.24, 2.45) is 0 Å². The fourth-order valence-corrected chi connectivity index (χ4v) is 1.73. The second-order valence-electron chi connectivity index (χ2n) is 3.14. The van der Waals surface area contributed by atoms with Crippen molar-refractivity contribution in [3.63, 3.8) is 0 Å². The van der Waals surface area contributed by atoms with Gasteiger partial charge in [0.15, 0.2) is 0 Å². The SMILES string of the molecule is O=[N+]([O-])c1ccc(CCCCl)c(CCl)c1. The molecule has 0 heterocycles. The average Bonchev–Trinajstić information content (AvgIpc) is 2.25. The summed E-state index contributed by atoms with van der Waals surface area (Å²) >= 11 is 11.3. The van der Waals surface area contributed by atoms with Crippen LogP contribution in [0.4, 0.5) is 5.69 Å². The van der Waals surface area contributed by atoms with Crippen LogP contribution in [0.15, 0.2) is 18.2 Å². The van der Waals surface area contributed by atoms with Gasteiger partial charge in [0.2, 0.25) is 0 Å². The van der Waals surface area contributed by atoms with Gasteiger partial charge in [-0.1, -0.05) is 6.07 Å². The summed E-state index contributed by atoms with van der Waals surface area (Å²) in [6.07, 6.45) is 1.66. The summed E-state index contributed by atoms with van der Waals surface area (Å²) in [6.45, 7) is 0. The first kappa shape index (κ1) is 12.3. The van der Waals surface area contributed by atoms with Crippen molar-refractivity contribution in [3.8, 4) is 0 Å². The zero-order valence-electron chi connectivity index (χ0n) is 8.08. The predicted molar refractivity (Wildman–Crippen MR) is 61.7 cm³/mol. The molecule has 0 amide bonds. The van der Waals surface area contributed by atoms with Crippen LogP contribution < -0.4 is 0 Å². The molecule has 82 valence electrons. The number of nitrogens with zero attached hydrogens (tertiary/aromatic N) is 1. The number of rotatable bonds is 5. The lowest BCUT2D eigenvalue weighted by Gasteiger charge is -2.05. The molecule has 0 bridgehead atoms. The second-order valence-corrected chi connectivity index (χ2v) is 3.78. The van der Waals surface area contributed by atoms with Crippen LogP contribution in [-0.4, -0.2) is 10.8 Å². The van der Waals surface area contributed by atoms with Crippen molar-refractivity contribution in [3.05, 3.63) is 39.4 Å². The normalized spacial score (nSPS) is 10.3. The molecule has 0 aliphatic rings. The number of aryl methyl sites for hydroxylation is 1. The molecule has 0 saturated carbocycles. The smallest absolute Gasteiger partial charge is 0.258 e. The largest absolute Gasteiger partial charge is 0.269 e. The highest BCUT2D eigenvalue weighted by atomic mass is 35.5. The van der Waals surface area contributed by atoms with Crippen LogP contribution in [0.5, 0.6) is 0 Å². The second kappa shape index (κ2) is 5.93. The Morgan fingerprint density at radius 3 is 2.53 bits per heavy atom. The molecular formula is C10H11Cl2NO2. The molecule has 0 saturated heterocycles. The summed E-state index contributed by atoms with van der Waals surface area (Å²) in [4.78, 5) is 10.1. The van der Waals surface area contributed by atoms with Crippen LogP contribution in [0.25, 0.3) is 0 Å². The van der Waals surface area contributed by atoms with Gasteiger partial charge in [0.05, 0.1) is 4.92 Å². The van der Waals surface area contributed by atoms with Gasteiger partial charge in [0.25, 0.3) is 5.69 Å². The van der Waals surface area contributed by atoms with Gasteiger partial charge in [-0.05, 0) is 24.0 Å². The zero-order chi connectivity index (χ0) is 11.3. The molecule has 5 heteroatoms. The van der Waals surface area contributed by atoms with E-state index in [0.717, 1.165) is 24.0 Å². The molecule has 15 heavy (non-hydrogen) atoms. The molecule has 1 rings (SSSR count). The van der Waals surface area contributed by atoms with Gasteiger partial charge in [-0.25, -0.2) is 0 Å². The topological polar surface area (TPSA) is 43.1 Å². The molecule has 0 atom stereocenters. The maximum Gasteiger partial charge on any atom is 0.269 e. The monoisotopic (exact) mass is 247 g/mol. The van der Waals surface area contributed by atoms with Crippen molar-refractivity contribution in [2.75, 3.05) is 5.88 Å². The third-order valence-corrected chi connectivity index (χ3v) is 2.68. The lowest BCUT2D eigenvalue weighted by Crippen LogP contribution is -1.96. The van der Waals surface area contributed by atoms with E-state index in [2.05, 4.69) is 0 Å². The Balaban J connectivity index is 2.93. The molecule has 1 aromatic rings. The molecule has 0 N–H and O–H groups in total. The minimum atomic E-state index is -0.415. The molecule has 0 radical (unpaired) electrons. The van der Waals surface area contributed by atoms with E-state index in [1.54, 1.807) is 6.07 Å². The molecule has 0 unspecified atom stereocenters. The molecule has 0 fully saturated rings. The Morgan fingerprint density at radius 1 is 1.27 bits per heavy atom. The van der Waals surface area contributed by atoms with Gasteiger partial charge in [0, 0.05) is 23.9 Å². The third-order valence-electron chi connectivity index (χ3n) is 2.12. The first-order chi connectivity index (χ1) is 7.19. The summed E-state index contributed by atoms with van der Waals surface area (Å²) in [7, 11) is 0. The van der Waals surface area contributed by atoms with Gasteiger partial charge in [-0.15, -0.1) is 23.2 Å². The van der Waals surface area contributed by atoms with Crippen molar-refractivity contribution < 1.29 is 4.92 Å². The summed E-state index contributed by atoms with van der Waals surface area (Å²) in [5, 5.41) is 10.5. The van der Waals surface area contributed by atoms with Gasteiger partial charge >= 0.3 is 0 Å². The summed E-state index contributed by atoms with van der Waals surface area (Å²) in [5.41, 5.74) is 1.94. The quantitative estimate of drug-likeness (QED) is 0.454. The number of alkyl halides is 2. The number of non-ortho nitro benzene ring substituents is 1. The van der Waals surface area contributed by atoms with Gasteiger partial charge in [-0.2, -0.15) is 0 Å². The van der Waals surface area contributed by atoms with E-state index in [9.17, 15) is 10.1 Å². The van der Waals surface area contributed by atoms with Crippen molar-refractivity contribution in [2.45, 2.75) is 18.7 Å². The highest BCUT2D eigenvalue weighted by Crippen LogP contribution is 2.20. The number of nitro benzene ring substituents is 1. The Hall–Kier alpha value is -0.800. The summed E-state index contributed by atoms with van der Waals surface area (Å²) in [5.74, 6) is 0.873. The average molecular weight is 248 g/mol. The Morgan fingerprint density at radius 2 is 2.00 bits per heavy atom. The standard InChI is InChI=1S/C10H11Cl2NO2/c11-5-1-2-8-3-4-10(13(14)15)6-9(8)7-12/h3-4,6H,1-2,5,7H2. The van der Waals surface area contributed by atoms with E-state index in [1.807, 2.05) is 0 Å². The number of hydrogen-bond donors (Lipinski definition) is 0. The number of hydrogen-bond acceptors (Lipinski definition) is 2. The van der Waals surface area contributed by atoms with Crippen molar-refractivity contribution >= 4 is 28.9 Å². The zero-order valence-corrected chi connectivity index (χ0v) is 9.59. The van der Waals surface area contributed by atoms with Crippen molar-refractivity contribution in [1.29, 1.82) is 0 Å². The molecule has 3 nitrogen and oxygen atoms in total. The molecular weight excluding hydrogens is 237 g/mol. The van der Waals surface area contributed by atoms with E-state index >= 15 is 0 Å². The molecule has 0 aromatic heterocycles. The van der Waals surface area contributed by atoms with Crippen LogP contribution in [0.3, 0.4) is 0 Å². The Labute approximate surface area is 98.2 Å². The maximum atomic E-state index is 10.5. The number of halogens is 2. The van der Waals surface area contributed by atoms with E-state index in [1.165, 1.54) is 12.1 Å². The first-order valence-electron chi connectivity index (χ1n) is 4.57. The van der Waals surface area contributed by atoms with Gasteiger partial charge < -0.3 is 0 Å². The molecule has 1 aromatic carbocycles. The summed E-state index contributed by atoms with van der Waals surface area (Å²) in [6, 6.07) is 4.78. The maximum absolute atomic E-state index is 10.5. The highest BCUT2D eigenvalue weighted by Gasteiger charge is 2.09. The Bertz CT molecular complexity index is 355. The fraction of sp³-hybridized carbons (Fsp3) is 0.400.